The van der Waals surface area contributed by atoms with Crippen molar-refractivity contribution in [2.75, 3.05) is 6.54 Å². The van der Waals surface area contributed by atoms with Gasteiger partial charge in [-0.05, 0) is 19.9 Å². The van der Waals surface area contributed by atoms with E-state index < -0.39 is 0 Å². The number of hydrogen-bond donors (Lipinski definition) is 2. The highest BCUT2D eigenvalue weighted by Crippen LogP contribution is 1.81. The molecule has 0 aromatic heterocycles. The first-order valence-electron chi connectivity index (χ1n) is 2.15. The average molecular weight is 127 g/mol. The van der Waals surface area contributed by atoms with Gasteiger partial charge in [0.1, 0.15) is 0 Å². The Bertz CT molecular complexity index is 32.9. The lowest BCUT2D eigenvalue weighted by molar-refractivity contribution is -0.00000396. The van der Waals surface area contributed by atoms with Gasteiger partial charge in [-0.15, -0.1) is 0 Å². The van der Waals surface area contributed by atoms with Crippen molar-refractivity contribution in [3.05, 3.63) is 0 Å². The van der Waals surface area contributed by atoms with Crippen molar-refractivity contribution >= 4 is 0 Å². The van der Waals surface area contributed by atoms with Crippen LogP contribution in [0.3, 0.4) is 0 Å². The maximum atomic E-state index is 8.47. The van der Waals surface area contributed by atoms with E-state index in [4.69, 9.17) is 10.8 Å². The molecule has 0 spiro atoms. The Labute approximate surface area is 50.1 Å². The Balaban J connectivity index is 0. The SMILES string of the molecule is CC(O)CCN.[ClH2+]. The van der Waals surface area contributed by atoms with Gasteiger partial charge in [0.25, 0.3) is 0 Å². The lowest BCUT2D eigenvalue weighted by Crippen LogP contribution is -2.08. The fraction of sp³-hybridized carbons (Fsp3) is 1.00. The number of rotatable bonds is 2. The van der Waals surface area contributed by atoms with Crippen LogP contribution in [0.15, 0.2) is 0 Å². The topological polar surface area (TPSA) is 46.2 Å². The highest BCUT2D eigenvalue weighted by molar-refractivity contribution is 4.43. The van der Waals surface area contributed by atoms with E-state index in [0.29, 0.717) is 13.0 Å². The molecule has 1 atom stereocenters. The quantitative estimate of drug-likeness (QED) is 0.508. The molecule has 0 aliphatic rings. The monoisotopic (exact) mass is 126 g/mol. The largest absolute Gasteiger partial charge is 0.393 e. The highest BCUT2D eigenvalue weighted by atomic mass is 35.5. The summed E-state index contributed by atoms with van der Waals surface area (Å²) in [5, 5.41) is 8.47. The number of hydrogen-bond acceptors (Lipinski definition) is 2. The van der Waals surface area contributed by atoms with Crippen molar-refractivity contribution in [1.29, 1.82) is 0 Å². The average Bonchev–Trinajstić information content (AvgIpc) is 1.35. The van der Waals surface area contributed by atoms with E-state index in [1.807, 2.05) is 0 Å². The van der Waals surface area contributed by atoms with Crippen LogP contribution in [0.1, 0.15) is 13.3 Å². The number of halogens is 1. The van der Waals surface area contributed by atoms with Crippen molar-refractivity contribution in [2.45, 2.75) is 19.4 Å². The molecule has 0 saturated carbocycles. The fourth-order valence-electron chi connectivity index (χ4n) is 0.241. The molecule has 0 aromatic rings. The summed E-state index contributed by atoms with van der Waals surface area (Å²) in [5.41, 5.74) is 5.07. The molecule has 0 radical (unpaired) electrons. The van der Waals surface area contributed by atoms with E-state index in [1.165, 1.54) is 0 Å². The summed E-state index contributed by atoms with van der Waals surface area (Å²) in [6, 6.07) is 0. The van der Waals surface area contributed by atoms with Crippen LogP contribution in [0.5, 0.6) is 0 Å². The van der Waals surface area contributed by atoms with Crippen molar-refractivity contribution in [3.8, 4) is 0 Å². The summed E-state index contributed by atoms with van der Waals surface area (Å²) >= 11 is 0. The van der Waals surface area contributed by atoms with Gasteiger partial charge >= 0.3 is 0 Å². The Kier molecular flexibility index (Phi) is 9.09. The van der Waals surface area contributed by atoms with Crippen LogP contribution in [0.2, 0.25) is 0 Å². The van der Waals surface area contributed by atoms with E-state index in [-0.39, 0.29) is 18.5 Å². The summed E-state index contributed by atoms with van der Waals surface area (Å²) in [5.74, 6) is 0. The van der Waals surface area contributed by atoms with Crippen LogP contribution < -0.4 is 5.73 Å². The van der Waals surface area contributed by atoms with Crippen LogP contribution >= 0.6 is 0 Å². The van der Waals surface area contributed by atoms with Crippen LogP contribution in [0, 0.1) is 12.4 Å². The Morgan fingerprint density at radius 2 is 2.14 bits per heavy atom. The highest BCUT2D eigenvalue weighted by Gasteiger charge is 1.87. The summed E-state index contributed by atoms with van der Waals surface area (Å²) in [6.45, 7) is 2.31. The van der Waals surface area contributed by atoms with Crippen LogP contribution in [-0.2, 0) is 0 Å². The molecular formula is C4H13ClNO+. The smallest absolute Gasteiger partial charge is 0.0903 e. The van der Waals surface area contributed by atoms with Gasteiger partial charge in [0.2, 0.25) is 0 Å². The molecule has 7 heavy (non-hydrogen) atoms. The van der Waals surface area contributed by atoms with Gasteiger partial charge in [-0.2, -0.15) is 0 Å². The second kappa shape index (κ2) is 6.21. The lowest BCUT2D eigenvalue weighted by atomic mass is 10.3. The number of aliphatic hydroxyl groups excluding tert-OH is 1. The molecule has 3 N–H and O–H groups in total. The normalized spacial score (nSPS) is 12.4. The minimum atomic E-state index is -0.227. The fourth-order valence-corrected chi connectivity index (χ4v) is 0.241. The van der Waals surface area contributed by atoms with Gasteiger partial charge in [0.15, 0.2) is 0 Å². The van der Waals surface area contributed by atoms with Gasteiger partial charge in [0.05, 0.1) is 18.5 Å². The van der Waals surface area contributed by atoms with E-state index in [0.717, 1.165) is 0 Å². The minimum absolute atomic E-state index is 0. The number of aliphatic hydroxyl groups is 1. The Morgan fingerprint density at radius 1 is 1.71 bits per heavy atom. The molecule has 0 amide bonds. The third-order valence-electron chi connectivity index (χ3n) is 0.584. The first-order chi connectivity index (χ1) is 2.77. The third kappa shape index (κ3) is 10.7. The summed E-state index contributed by atoms with van der Waals surface area (Å²) in [6.07, 6.45) is 0.481. The summed E-state index contributed by atoms with van der Waals surface area (Å²) in [7, 11) is 0. The van der Waals surface area contributed by atoms with E-state index >= 15 is 0 Å². The third-order valence-corrected chi connectivity index (χ3v) is 0.584. The molecule has 0 rings (SSSR count). The van der Waals surface area contributed by atoms with Gasteiger partial charge in [-0.25, -0.2) is 0 Å². The Morgan fingerprint density at radius 3 is 2.14 bits per heavy atom. The van der Waals surface area contributed by atoms with E-state index in [9.17, 15) is 0 Å². The first kappa shape index (κ1) is 10.2. The van der Waals surface area contributed by atoms with E-state index in [2.05, 4.69) is 0 Å². The van der Waals surface area contributed by atoms with Crippen molar-refractivity contribution < 1.29 is 17.5 Å². The van der Waals surface area contributed by atoms with Crippen molar-refractivity contribution in [1.82, 2.24) is 0 Å². The van der Waals surface area contributed by atoms with Crippen molar-refractivity contribution in [3.63, 3.8) is 0 Å². The first-order valence-corrected chi connectivity index (χ1v) is 2.15. The molecule has 0 aromatic carbocycles. The summed E-state index contributed by atoms with van der Waals surface area (Å²) in [4.78, 5) is 0. The lowest BCUT2D eigenvalue weighted by Gasteiger charge is -1.95. The van der Waals surface area contributed by atoms with Gasteiger partial charge in [-0.3, -0.25) is 0 Å². The molecule has 3 heteroatoms. The zero-order valence-electron chi connectivity index (χ0n) is 4.46. The number of nitrogens with two attached hydrogens (primary N) is 1. The molecule has 0 fully saturated rings. The molecule has 0 aliphatic carbocycles. The predicted octanol–water partition coefficient (Wildman–Crippen LogP) is -0.819. The molecule has 0 heterocycles. The predicted molar refractivity (Wildman–Crippen MR) is 28.1 cm³/mol. The van der Waals surface area contributed by atoms with Gasteiger partial charge in [-0.1, -0.05) is 0 Å². The molecule has 1 unspecified atom stereocenters. The zero-order chi connectivity index (χ0) is 4.99. The molecular weight excluding hydrogens is 114 g/mol. The molecule has 0 bridgehead atoms. The van der Waals surface area contributed by atoms with Gasteiger partial charge < -0.3 is 10.8 Å². The minimum Gasteiger partial charge on any atom is -0.393 e. The second-order valence-electron chi connectivity index (χ2n) is 1.43. The standard InChI is InChI=1S/C4H11NO.ClH2/c1-4(6)2-3-5;/h4,6H,2-3,5H2,1H3;1H2/q;+1. The molecule has 0 saturated heterocycles. The van der Waals surface area contributed by atoms with Gasteiger partial charge in [0, 0.05) is 0 Å². The van der Waals surface area contributed by atoms with Crippen LogP contribution in [0.25, 0.3) is 0 Å². The maximum absolute atomic E-state index is 8.47. The van der Waals surface area contributed by atoms with E-state index in [1.54, 1.807) is 6.92 Å². The Hall–Kier alpha value is 0.210. The molecule has 2 nitrogen and oxygen atoms in total. The zero-order valence-corrected chi connectivity index (χ0v) is 5.36. The second-order valence-corrected chi connectivity index (χ2v) is 1.43. The van der Waals surface area contributed by atoms with Crippen LogP contribution in [0.4, 0.5) is 0 Å². The molecule has 0 aliphatic heterocycles. The van der Waals surface area contributed by atoms with Crippen molar-refractivity contribution in [2.24, 2.45) is 5.73 Å². The summed E-state index contributed by atoms with van der Waals surface area (Å²) < 4.78 is 0. The molecule has 46 valence electrons. The maximum Gasteiger partial charge on any atom is 0.0903 e. The van der Waals surface area contributed by atoms with Crippen LogP contribution in [-0.4, -0.2) is 17.8 Å².